The van der Waals surface area contributed by atoms with E-state index >= 15 is 0 Å². The normalized spacial score (nSPS) is 15.4. The molecular formula is C29H25F3N6O2S. The van der Waals surface area contributed by atoms with Crippen molar-refractivity contribution in [3.05, 3.63) is 83.6 Å². The van der Waals surface area contributed by atoms with Gasteiger partial charge in [-0.2, -0.15) is 10.2 Å². The van der Waals surface area contributed by atoms with E-state index in [-0.39, 0.29) is 17.6 Å². The van der Waals surface area contributed by atoms with Crippen LogP contribution in [0.1, 0.15) is 36.6 Å². The zero-order valence-corrected chi connectivity index (χ0v) is 23.1. The van der Waals surface area contributed by atoms with Gasteiger partial charge in [-0.1, -0.05) is 49.9 Å². The molecule has 4 aromatic rings. The first-order valence-electron chi connectivity index (χ1n) is 12.6. The number of hydrogen-bond donors (Lipinski definition) is 0. The molecule has 0 saturated carbocycles. The average molecular weight is 579 g/mol. The number of benzene rings is 3. The molecule has 1 saturated heterocycles. The summed E-state index contributed by atoms with van der Waals surface area (Å²) < 4.78 is 42.7. The molecule has 1 aromatic heterocycles. The summed E-state index contributed by atoms with van der Waals surface area (Å²) in [6.07, 6.45) is -1.57. The predicted octanol–water partition coefficient (Wildman–Crippen LogP) is 6.82. The third-order valence-electron chi connectivity index (χ3n) is 6.23. The van der Waals surface area contributed by atoms with Crippen molar-refractivity contribution in [2.75, 3.05) is 10.7 Å². The first kappa shape index (κ1) is 28.1. The van der Waals surface area contributed by atoms with Gasteiger partial charge in [-0.05, 0) is 59.5 Å². The Morgan fingerprint density at radius 2 is 1.80 bits per heavy atom. The molecule has 0 spiro atoms. The van der Waals surface area contributed by atoms with E-state index in [0.717, 1.165) is 27.7 Å². The van der Waals surface area contributed by atoms with Crippen molar-refractivity contribution in [3.63, 3.8) is 0 Å². The number of amidine groups is 1. The minimum Gasteiger partial charge on any atom is -0.406 e. The standard InChI is InChI=1S/C29H25F3N6O2S/c1-18(2)22-6-4-5-7-25(22)38-27(39)17-41-28(38)35-34-15-19-8-13-23-24(36-37(3)26(23)14-19)16-33-20-9-11-21(12-10-20)40-29(30,31)32/h4-16,18H,17H2,1-3H3/b33-16+,34-15+,35-28-. The zero-order valence-electron chi connectivity index (χ0n) is 22.3. The van der Waals surface area contributed by atoms with Gasteiger partial charge in [0.2, 0.25) is 5.91 Å². The van der Waals surface area contributed by atoms with Gasteiger partial charge < -0.3 is 4.74 Å². The van der Waals surface area contributed by atoms with Crippen LogP contribution in [-0.2, 0) is 11.8 Å². The summed E-state index contributed by atoms with van der Waals surface area (Å²) in [6.45, 7) is 4.17. The molecule has 210 valence electrons. The van der Waals surface area contributed by atoms with E-state index in [1.807, 2.05) is 42.5 Å². The van der Waals surface area contributed by atoms with E-state index in [0.29, 0.717) is 22.3 Å². The number of alkyl halides is 3. The Kier molecular flexibility index (Phi) is 7.93. The number of thioether (sulfide) groups is 1. The van der Waals surface area contributed by atoms with Gasteiger partial charge in [0, 0.05) is 12.4 Å². The molecular weight excluding hydrogens is 553 g/mol. The van der Waals surface area contributed by atoms with Crippen molar-refractivity contribution in [2.24, 2.45) is 22.2 Å². The molecule has 1 aliphatic rings. The maximum atomic E-state index is 12.7. The number of para-hydroxylation sites is 1. The number of rotatable bonds is 7. The van der Waals surface area contributed by atoms with Gasteiger partial charge in [0.05, 0.1) is 35.1 Å². The molecule has 5 rings (SSSR count). The van der Waals surface area contributed by atoms with Crippen LogP contribution in [0.2, 0.25) is 0 Å². The van der Waals surface area contributed by atoms with Gasteiger partial charge in [-0.25, -0.2) is 0 Å². The van der Waals surface area contributed by atoms with Gasteiger partial charge >= 0.3 is 6.36 Å². The molecule has 3 aromatic carbocycles. The Morgan fingerprint density at radius 3 is 2.54 bits per heavy atom. The number of anilines is 1. The summed E-state index contributed by atoms with van der Waals surface area (Å²) in [4.78, 5) is 18.7. The van der Waals surface area contributed by atoms with Gasteiger partial charge in [0.1, 0.15) is 11.4 Å². The van der Waals surface area contributed by atoms with Crippen molar-refractivity contribution in [1.82, 2.24) is 9.78 Å². The van der Waals surface area contributed by atoms with Crippen LogP contribution in [0.4, 0.5) is 24.5 Å². The molecule has 12 heteroatoms. The van der Waals surface area contributed by atoms with Crippen molar-refractivity contribution in [1.29, 1.82) is 0 Å². The van der Waals surface area contributed by atoms with E-state index in [1.54, 1.807) is 29.1 Å². The molecule has 8 nitrogen and oxygen atoms in total. The van der Waals surface area contributed by atoms with E-state index in [4.69, 9.17) is 0 Å². The van der Waals surface area contributed by atoms with Crippen LogP contribution in [-0.4, -0.2) is 45.4 Å². The summed E-state index contributed by atoms with van der Waals surface area (Å²) in [7, 11) is 1.80. The molecule has 0 radical (unpaired) electrons. The van der Waals surface area contributed by atoms with Gasteiger partial charge in [-0.15, -0.1) is 18.3 Å². The molecule has 0 N–H and O–H groups in total. The first-order chi connectivity index (χ1) is 19.6. The number of hydrogen-bond acceptors (Lipinski definition) is 7. The molecule has 1 aliphatic heterocycles. The lowest BCUT2D eigenvalue weighted by atomic mass is 10.0. The van der Waals surface area contributed by atoms with E-state index < -0.39 is 6.36 Å². The van der Waals surface area contributed by atoms with Crippen LogP contribution in [0.25, 0.3) is 10.9 Å². The van der Waals surface area contributed by atoms with Crippen LogP contribution < -0.4 is 9.64 Å². The number of aryl methyl sites for hydroxylation is 1. The summed E-state index contributed by atoms with van der Waals surface area (Å²) in [5, 5.41) is 14.5. The lowest BCUT2D eigenvalue weighted by Crippen LogP contribution is -2.30. The van der Waals surface area contributed by atoms with E-state index in [2.05, 4.69) is 38.9 Å². The Hall–Kier alpha value is -4.45. The third kappa shape index (κ3) is 6.49. The molecule has 1 fully saturated rings. The van der Waals surface area contributed by atoms with Crippen LogP contribution in [0.3, 0.4) is 0 Å². The number of aliphatic imine (C=N–C) groups is 1. The Balaban J connectivity index is 1.34. The highest BCUT2D eigenvalue weighted by Gasteiger charge is 2.32. The smallest absolute Gasteiger partial charge is 0.406 e. The second kappa shape index (κ2) is 11.6. The number of fused-ring (bicyclic) bond motifs is 1. The van der Waals surface area contributed by atoms with E-state index in [9.17, 15) is 18.0 Å². The fourth-order valence-corrected chi connectivity index (χ4v) is 5.16. The molecule has 0 unspecified atom stereocenters. The molecule has 41 heavy (non-hydrogen) atoms. The Bertz CT molecular complexity index is 1680. The highest BCUT2D eigenvalue weighted by molar-refractivity contribution is 8.15. The predicted molar refractivity (Wildman–Crippen MR) is 157 cm³/mol. The second-order valence-electron chi connectivity index (χ2n) is 9.44. The maximum absolute atomic E-state index is 12.7. The van der Waals surface area contributed by atoms with Crippen LogP contribution in [0.15, 0.2) is 81.9 Å². The summed E-state index contributed by atoms with van der Waals surface area (Å²) in [5.74, 6) is 0.198. The monoisotopic (exact) mass is 578 g/mol. The highest BCUT2D eigenvalue weighted by Crippen LogP contribution is 2.33. The van der Waals surface area contributed by atoms with Gasteiger partial charge in [0.15, 0.2) is 5.17 Å². The van der Waals surface area contributed by atoms with Gasteiger partial charge in [-0.3, -0.25) is 19.4 Å². The Morgan fingerprint density at radius 1 is 1.05 bits per heavy atom. The topological polar surface area (TPSA) is 84.4 Å². The largest absolute Gasteiger partial charge is 0.573 e. The second-order valence-corrected chi connectivity index (χ2v) is 10.4. The quantitative estimate of drug-likeness (QED) is 0.178. The maximum Gasteiger partial charge on any atom is 0.573 e. The fraction of sp³-hybridized carbons (Fsp3) is 0.207. The molecule has 0 atom stereocenters. The van der Waals surface area contributed by atoms with Crippen LogP contribution in [0, 0.1) is 0 Å². The van der Waals surface area contributed by atoms with Gasteiger partial charge in [0.25, 0.3) is 0 Å². The molecule has 1 amide bonds. The Labute approximate surface area is 238 Å². The molecule has 0 aliphatic carbocycles. The summed E-state index contributed by atoms with van der Waals surface area (Å²) >= 11 is 1.35. The van der Waals surface area contributed by atoms with Crippen molar-refractivity contribution >= 4 is 57.5 Å². The molecule has 2 heterocycles. The lowest BCUT2D eigenvalue weighted by molar-refractivity contribution is -0.274. The van der Waals surface area contributed by atoms with E-state index in [1.165, 1.54) is 36.0 Å². The van der Waals surface area contributed by atoms with Crippen molar-refractivity contribution < 1.29 is 22.7 Å². The van der Waals surface area contributed by atoms with Crippen LogP contribution in [0.5, 0.6) is 5.75 Å². The number of halogens is 3. The minimum absolute atomic E-state index is 0.0341. The lowest BCUT2D eigenvalue weighted by Gasteiger charge is -2.20. The SMILES string of the molecule is CC(C)c1ccccc1N1C(=O)CS/C1=N\N=C\c1ccc2c(/C=N/c3ccc(OC(F)(F)F)cc3)nn(C)c2c1. The number of carbonyl (C=O) groups is 1. The average Bonchev–Trinajstić information content (AvgIpc) is 3.45. The fourth-order valence-electron chi connectivity index (χ4n) is 4.34. The first-order valence-corrected chi connectivity index (χ1v) is 13.6. The van der Waals surface area contributed by atoms with Crippen molar-refractivity contribution in [2.45, 2.75) is 26.1 Å². The highest BCUT2D eigenvalue weighted by atomic mass is 32.2. The number of amides is 1. The zero-order chi connectivity index (χ0) is 29.1. The number of carbonyl (C=O) groups excluding carboxylic acids is 1. The number of nitrogens with zero attached hydrogens (tertiary/aromatic N) is 6. The molecule has 0 bridgehead atoms. The van der Waals surface area contributed by atoms with Crippen LogP contribution >= 0.6 is 11.8 Å². The van der Waals surface area contributed by atoms with Crippen molar-refractivity contribution in [3.8, 4) is 5.75 Å². The third-order valence-corrected chi connectivity index (χ3v) is 7.14. The number of ether oxygens (including phenoxy) is 1. The minimum atomic E-state index is -4.75. The number of aromatic nitrogens is 2. The summed E-state index contributed by atoms with van der Waals surface area (Å²) in [6, 6.07) is 18.7. The summed E-state index contributed by atoms with van der Waals surface area (Å²) in [5.41, 5.74) is 4.56.